The molecule has 0 spiro atoms. The molecule has 0 saturated heterocycles. The normalized spacial score (nSPS) is 14.0. The van der Waals surface area contributed by atoms with Crippen molar-refractivity contribution >= 4 is 39.5 Å². The molecule has 578 valence electrons. The molecule has 0 amide bonds. The zero-order valence-corrected chi connectivity index (χ0v) is 65.0. The first-order valence-electron chi connectivity index (χ1n) is 40.6. The molecular formula is C79H150O17P2. The first-order chi connectivity index (χ1) is 47.7. The average Bonchev–Trinajstić information content (AvgIpc) is 0.997. The van der Waals surface area contributed by atoms with Gasteiger partial charge in [-0.1, -0.05) is 347 Å². The molecule has 17 nitrogen and oxygen atoms in total. The van der Waals surface area contributed by atoms with Crippen LogP contribution in [0.3, 0.4) is 0 Å². The SMILES string of the molecule is CCCCCC/C=C\C=C/CCCCCCCC(=O)OC[C@H](COP(=O)(O)OC[C@@H](O)COP(=O)(O)OC[C@@H](COC(=O)CCCCCCCCC)OC(=O)CCCCCCCCCCCCCCCCC)OC(=O)CCCCCCCCCCCCCCCCCCCCCCC. The highest BCUT2D eigenvalue weighted by molar-refractivity contribution is 7.47. The Hall–Kier alpha value is -2.46. The molecule has 0 aromatic carbocycles. The van der Waals surface area contributed by atoms with Crippen LogP contribution in [0, 0.1) is 0 Å². The van der Waals surface area contributed by atoms with Gasteiger partial charge in [-0.25, -0.2) is 9.13 Å². The summed E-state index contributed by atoms with van der Waals surface area (Å²) in [7, 11) is -9.92. The number of ether oxygens (including phenoxy) is 4. The highest BCUT2D eigenvalue weighted by Gasteiger charge is 2.30. The zero-order chi connectivity index (χ0) is 71.8. The van der Waals surface area contributed by atoms with Gasteiger partial charge in [-0.2, -0.15) is 0 Å². The molecule has 98 heavy (non-hydrogen) atoms. The molecule has 0 heterocycles. The summed E-state index contributed by atoms with van der Waals surface area (Å²) in [6, 6.07) is 0. The Morgan fingerprint density at radius 2 is 0.490 bits per heavy atom. The number of aliphatic hydroxyl groups excluding tert-OH is 1. The highest BCUT2D eigenvalue weighted by Crippen LogP contribution is 2.45. The van der Waals surface area contributed by atoms with E-state index in [-0.39, 0.29) is 25.7 Å². The lowest BCUT2D eigenvalue weighted by Gasteiger charge is -2.21. The fourth-order valence-corrected chi connectivity index (χ4v) is 13.3. The standard InChI is InChI=1S/C79H150O17P2/c1-5-9-13-17-21-24-27-30-33-34-35-36-37-38-41-44-47-50-54-58-62-66-79(84)96-75(70-90-77(82)64-60-56-52-48-45-42-39-31-28-25-22-18-14-10-6-2)72-94-98(87,88)92-68-73(80)67-91-97(85,86)93-71-74(69-89-76(81)63-59-55-51-20-16-12-8-4)95-78(83)65-61-57-53-49-46-43-40-32-29-26-23-19-15-11-7-3/h25,28,31,39,73-75,80H,5-24,26-27,29-30,32-38,40-72H2,1-4H3,(H,85,86)(H,87,88)/b28-25-,39-31-/t73-,74+,75+/m0/s1. The van der Waals surface area contributed by atoms with Crippen molar-refractivity contribution in [3.8, 4) is 0 Å². The molecule has 0 aromatic heterocycles. The van der Waals surface area contributed by atoms with Crippen molar-refractivity contribution in [1.82, 2.24) is 0 Å². The molecule has 0 bridgehead atoms. The Balaban J connectivity index is 5.19. The van der Waals surface area contributed by atoms with Gasteiger partial charge in [0.15, 0.2) is 12.2 Å². The van der Waals surface area contributed by atoms with Gasteiger partial charge in [0.05, 0.1) is 26.4 Å². The Morgan fingerprint density at radius 3 is 0.745 bits per heavy atom. The maximum atomic E-state index is 13.1. The van der Waals surface area contributed by atoms with E-state index < -0.39 is 97.5 Å². The number of carbonyl (C=O) groups is 4. The number of hydrogen-bond acceptors (Lipinski definition) is 15. The van der Waals surface area contributed by atoms with Crippen LogP contribution in [0.4, 0.5) is 0 Å². The number of phosphoric ester groups is 2. The predicted octanol–water partition coefficient (Wildman–Crippen LogP) is 23.3. The van der Waals surface area contributed by atoms with Gasteiger partial charge in [0.1, 0.15) is 19.3 Å². The smallest absolute Gasteiger partial charge is 0.462 e. The summed E-state index contributed by atoms with van der Waals surface area (Å²) in [6.45, 7) is 4.90. The Bertz CT molecular complexity index is 1950. The lowest BCUT2D eigenvalue weighted by atomic mass is 10.0. The van der Waals surface area contributed by atoms with Crippen LogP contribution in [0.25, 0.3) is 0 Å². The second-order valence-electron chi connectivity index (χ2n) is 27.8. The molecule has 5 atom stereocenters. The molecule has 0 radical (unpaired) electrons. The lowest BCUT2D eigenvalue weighted by molar-refractivity contribution is -0.161. The van der Waals surface area contributed by atoms with E-state index in [1.165, 1.54) is 199 Å². The number of unbranched alkanes of at least 4 members (excludes halogenated alkanes) is 49. The van der Waals surface area contributed by atoms with Crippen molar-refractivity contribution < 1.29 is 80.2 Å². The van der Waals surface area contributed by atoms with E-state index in [1.54, 1.807) is 0 Å². The largest absolute Gasteiger partial charge is 0.472 e. The quantitative estimate of drug-likeness (QED) is 0.0169. The van der Waals surface area contributed by atoms with E-state index in [4.69, 9.17) is 37.0 Å². The molecule has 0 aliphatic heterocycles. The molecule has 0 aliphatic carbocycles. The van der Waals surface area contributed by atoms with Crippen LogP contribution in [0.2, 0.25) is 0 Å². The predicted molar refractivity (Wildman–Crippen MR) is 400 cm³/mol. The van der Waals surface area contributed by atoms with Crippen molar-refractivity contribution in [2.24, 2.45) is 0 Å². The Labute approximate surface area is 599 Å². The minimum absolute atomic E-state index is 0.102. The van der Waals surface area contributed by atoms with Crippen LogP contribution in [0.5, 0.6) is 0 Å². The summed E-state index contributed by atoms with van der Waals surface area (Å²) in [6.07, 6.45) is 67.6. The van der Waals surface area contributed by atoms with E-state index in [0.717, 1.165) is 122 Å². The molecule has 3 N–H and O–H groups in total. The molecule has 19 heteroatoms. The fourth-order valence-electron chi connectivity index (χ4n) is 11.7. The third-order valence-electron chi connectivity index (χ3n) is 18.0. The van der Waals surface area contributed by atoms with Crippen molar-refractivity contribution in [2.45, 2.75) is 418 Å². The van der Waals surface area contributed by atoms with E-state index in [0.29, 0.717) is 25.7 Å². The van der Waals surface area contributed by atoms with Gasteiger partial charge in [-0.3, -0.25) is 37.3 Å². The number of phosphoric acid groups is 2. The van der Waals surface area contributed by atoms with E-state index in [2.05, 4.69) is 52.0 Å². The van der Waals surface area contributed by atoms with Gasteiger partial charge in [-0.15, -0.1) is 0 Å². The van der Waals surface area contributed by atoms with Crippen molar-refractivity contribution in [2.75, 3.05) is 39.6 Å². The first kappa shape index (κ1) is 95.5. The van der Waals surface area contributed by atoms with E-state index in [9.17, 15) is 43.2 Å². The third-order valence-corrected chi connectivity index (χ3v) is 19.9. The van der Waals surface area contributed by atoms with Gasteiger partial charge in [-0.05, 0) is 51.4 Å². The number of esters is 4. The number of rotatable bonds is 78. The molecular weight excluding hydrogens is 1280 g/mol. The van der Waals surface area contributed by atoms with Crippen molar-refractivity contribution in [1.29, 1.82) is 0 Å². The molecule has 0 fully saturated rings. The fraction of sp³-hybridized carbons (Fsp3) is 0.899. The molecule has 0 aromatic rings. The van der Waals surface area contributed by atoms with Gasteiger partial charge in [0.25, 0.3) is 0 Å². The Morgan fingerprint density at radius 1 is 0.286 bits per heavy atom. The summed E-state index contributed by atoms with van der Waals surface area (Å²) in [5, 5.41) is 10.6. The molecule has 2 unspecified atom stereocenters. The van der Waals surface area contributed by atoms with E-state index >= 15 is 0 Å². The van der Waals surface area contributed by atoms with Gasteiger partial charge < -0.3 is 33.8 Å². The number of hydrogen-bond donors (Lipinski definition) is 3. The van der Waals surface area contributed by atoms with Crippen LogP contribution in [0.1, 0.15) is 400 Å². The average molecular weight is 1430 g/mol. The minimum Gasteiger partial charge on any atom is -0.462 e. The van der Waals surface area contributed by atoms with Crippen LogP contribution >= 0.6 is 15.6 Å². The van der Waals surface area contributed by atoms with Crippen LogP contribution in [0.15, 0.2) is 24.3 Å². The maximum Gasteiger partial charge on any atom is 0.472 e. The minimum atomic E-state index is -4.96. The monoisotopic (exact) mass is 1430 g/mol. The maximum absolute atomic E-state index is 13.1. The first-order valence-corrected chi connectivity index (χ1v) is 43.6. The van der Waals surface area contributed by atoms with Crippen LogP contribution < -0.4 is 0 Å². The zero-order valence-electron chi connectivity index (χ0n) is 63.2. The van der Waals surface area contributed by atoms with E-state index in [1.807, 2.05) is 0 Å². The second-order valence-corrected chi connectivity index (χ2v) is 30.7. The van der Waals surface area contributed by atoms with Crippen LogP contribution in [-0.4, -0.2) is 96.7 Å². The molecule has 0 aliphatic rings. The lowest BCUT2D eigenvalue weighted by Crippen LogP contribution is -2.30. The summed E-state index contributed by atoms with van der Waals surface area (Å²) < 4.78 is 68.5. The highest BCUT2D eigenvalue weighted by atomic mass is 31.2. The third kappa shape index (κ3) is 71.9. The second kappa shape index (κ2) is 72.9. The number of aliphatic hydroxyl groups is 1. The van der Waals surface area contributed by atoms with Crippen molar-refractivity contribution in [3.05, 3.63) is 24.3 Å². The molecule has 0 saturated carbocycles. The van der Waals surface area contributed by atoms with Crippen LogP contribution in [-0.2, 0) is 65.4 Å². The van der Waals surface area contributed by atoms with Crippen molar-refractivity contribution in [3.63, 3.8) is 0 Å². The number of carbonyl (C=O) groups excluding carboxylic acids is 4. The summed E-state index contributed by atoms with van der Waals surface area (Å²) in [5.41, 5.74) is 0. The van der Waals surface area contributed by atoms with Gasteiger partial charge in [0, 0.05) is 25.7 Å². The molecule has 0 rings (SSSR count). The summed E-state index contributed by atoms with van der Waals surface area (Å²) in [5.74, 6) is -2.14. The summed E-state index contributed by atoms with van der Waals surface area (Å²) >= 11 is 0. The topological polar surface area (TPSA) is 237 Å². The van der Waals surface area contributed by atoms with Gasteiger partial charge >= 0.3 is 39.5 Å². The summed E-state index contributed by atoms with van der Waals surface area (Å²) in [4.78, 5) is 72.8. The number of allylic oxidation sites excluding steroid dienone is 4. The Kier molecular flexibility index (Phi) is 71.0. The van der Waals surface area contributed by atoms with Gasteiger partial charge in [0.2, 0.25) is 0 Å².